The number of rotatable bonds is 15. The zero-order valence-electron chi connectivity index (χ0n) is 14.6. The van der Waals surface area contributed by atoms with Crippen molar-refractivity contribution >= 4 is 10.1 Å². The Labute approximate surface area is 159 Å². The molecule has 0 amide bonds. The van der Waals surface area contributed by atoms with Crippen LogP contribution < -0.4 is 29.6 Å². The van der Waals surface area contributed by atoms with Crippen LogP contribution in [-0.4, -0.2) is 29.9 Å². The van der Waals surface area contributed by atoms with Crippen LogP contribution in [0.1, 0.15) is 90.4 Å². The molecule has 128 valence electrons. The smallest absolute Gasteiger partial charge is 0.748 e. The maximum absolute atomic E-state index is 10.4. The van der Waals surface area contributed by atoms with Gasteiger partial charge in [0.1, 0.15) is 0 Å². The molecule has 0 aliphatic rings. The third-order valence-corrected chi connectivity index (χ3v) is 4.61. The van der Waals surface area contributed by atoms with Gasteiger partial charge in [-0.2, -0.15) is 0 Å². The summed E-state index contributed by atoms with van der Waals surface area (Å²) < 4.78 is 31.2. The van der Waals surface area contributed by atoms with Crippen molar-refractivity contribution in [1.82, 2.24) is 0 Å². The van der Waals surface area contributed by atoms with Gasteiger partial charge in [0.15, 0.2) is 0 Å². The van der Waals surface area contributed by atoms with Crippen LogP contribution in [0.4, 0.5) is 0 Å². The maximum atomic E-state index is 10.4. The van der Waals surface area contributed by atoms with Crippen LogP contribution in [-0.2, 0) is 10.1 Å². The third kappa shape index (κ3) is 20.9. The summed E-state index contributed by atoms with van der Waals surface area (Å²) >= 11 is 0. The van der Waals surface area contributed by atoms with Crippen molar-refractivity contribution in [3.05, 3.63) is 0 Å². The van der Waals surface area contributed by atoms with E-state index in [0.29, 0.717) is 12.8 Å². The van der Waals surface area contributed by atoms with Crippen LogP contribution in [0.25, 0.3) is 0 Å². The molecular weight excluding hydrogens is 311 g/mol. The molecule has 6 heteroatoms. The summed E-state index contributed by atoms with van der Waals surface area (Å²) in [4.78, 5) is 0. The SMILES string of the molecule is CCCCCCCCCCC(O)CCCCCS(=O)(=O)[O-].[Na+]. The van der Waals surface area contributed by atoms with E-state index in [9.17, 15) is 18.1 Å². The molecule has 1 N–H and O–H groups in total. The van der Waals surface area contributed by atoms with Gasteiger partial charge in [0.2, 0.25) is 0 Å². The van der Waals surface area contributed by atoms with Gasteiger partial charge in [0.05, 0.1) is 16.2 Å². The summed E-state index contributed by atoms with van der Waals surface area (Å²) in [5.41, 5.74) is 0. The first-order chi connectivity index (χ1) is 9.95. The Morgan fingerprint density at radius 1 is 0.818 bits per heavy atom. The van der Waals surface area contributed by atoms with Gasteiger partial charge in [-0.25, -0.2) is 8.42 Å². The Hall–Kier alpha value is 0.870. The van der Waals surface area contributed by atoms with Crippen LogP contribution in [0.15, 0.2) is 0 Å². The van der Waals surface area contributed by atoms with E-state index in [4.69, 9.17) is 0 Å². The van der Waals surface area contributed by atoms with Gasteiger partial charge in [0.25, 0.3) is 0 Å². The van der Waals surface area contributed by atoms with E-state index < -0.39 is 10.1 Å². The molecule has 0 rings (SSSR count). The van der Waals surface area contributed by atoms with E-state index >= 15 is 0 Å². The molecule has 0 aromatic heterocycles. The molecule has 0 saturated carbocycles. The molecule has 0 saturated heterocycles. The molecular formula is C16H33NaO4S. The zero-order chi connectivity index (χ0) is 16.0. The molecule has 0 aromatic carbocycles. The van der Waals surface area contributed by atoms with Gasteiger partial charge < -0.3 is 9.66 Å². The van der Waals surface area contributed by atoms with Crippen molar-refractivity contribution in [2.75, 3.05) is 5.75 Å². The van der Waals surface area contributed by atoms with Crippen molar-refractivity contribution in [3.63, 3.8) is 0 Å². The fraction of sp³-hybridized carbons (Fsp3) is 1.00. The average Bonchev–Trinajstić information content (AvgIpc) is 2.40. The van der Waals surface area contributed by atoms with E-state index in [1.54, 1.807) is 0 Å². The van der Waals surface area contributed by atoms with E-state index in [-0.39, 0.29) is 41.4 Å². The Morgan fingerprint density at radius 3 is 1.68 bits per heavy atom. The molecule has 0 heterocycles. The molecule has 0 radical (unpaired) electrons. The van der Waals surface area contributed by atoms with Crippen LogP contribution in [0.3, 0.4) is 0 Å². The average molecular weight is 344 g/mol. The van der Waals surface area contributed by atoms with Crippen LogP contribution >= 0.6 is 0 Å². The summed E-state index contributed by atoms with van der Waals surface area (Å²) in [5.74, 6) is -0.277. The van der Waals surface area contributed by atoms with Crippen molar-refractivity contribution in [2.45, 2.75) is 96.5 Å². The Bertz CT molecular complexity index is 320. The topological polar surface area (TPSA) is 77.4 Å². The first-order valence-electron chi connectivity index (χ1n) is 8.57. The standard InChI is InChI=1S/C16H34O4S.Na/c1-2-3-4-5-6-7-8-10-13-16(17)14-11-9-12-15-21(18,19)20;/h16-17H,2-15H2,1H3,(H,18,19,20);/q;+1/p-1. The van der Waals surface area contributed by atoms with Crippen LogP contribution in [0, 0.1) is 0 Å². The van der Waals surface area contributed by atoms with E-state index in [0.717, 1.165) is 25.7 Å². The first-order valence-corrected chi connectivity index (χ1v) is 10.1. The molecule has 0 fully saturated rings. The number of hydrogen-bond acceptors (Lipinski definition) is 4. The second-order valence-electron chi connectivity index (χ2n) is 6.03. The van der Waals surface area contributed by atoms with E-state index in [1.165, 1.54) is 44.9 Å². The molecule has 1 atom stereocenters. The minimum absolute atomic E-state index is 0. The fourth-order valence-electron chi connectivity index (χ4n) is 2.49. The summed E-state index contributed by atoms with van der Waals surface area (Å²) in [6.07, 6.45) is 13.3. The predicted octanol–water partition coefficient (Wildman–Crippen LogP) is 0.988. The maximum Gasteiger partial charge on any atom is 1.00 e. The molecule has 0 aliphatic carbocycles. The molecule has 4 nitrogen and oxygen atoms in total. The van der Waals surface area contributed by atoms with Gasteiger partial charge in [-0.05, 0) is 19.3 Å². The number of aliphatic hydroxyl groups excluding tert-OH is 1. The van der Waals surface area contributed by atoms with Gasteiger partial charge in [-0.3, -0.25) is 0 Å². The van der Waals surface area contributed by atoms with E-state index in [1.807, 2.05) is 0 Å². The molecule has 0 bridgehead atoms. The summed E-state index contributed by atoms with van der Waals surface area (Å²) in [5, 5.41) is 9.80. The molecule has 1 unspecified atom stereocenters. The number of aliphatic hydroxyl groups is 1. The second kappa shape index (κ2) is 16.7. The molecule has 0 aliphatic heterocycles. The van der Waals surface area contributed by atoms with Crippen molar-refractivity contribution in [1.29, 1.82) is 0 Å². The number of hydrogen-bond donors (Lipinski definition) is 1. The molecule has 22 heavy (non-hydrogen) atoms. The first kappa shape index (κ1) is 25.1. The normalized spacial score (nSPS) is 12.9. The minimum Gasteiger partial charge on any atom is -0.748 e. The minimum atomic E-state index is -4.07. The zero-order valence-corrected chi connectivity index (χ0v) is 17.4. The van der Waals surface area contributed by atoms with Crippen molar-refractivity contribution in [2.24, 2.45) is 0 Å². The van der Waals surface area contributed by atoms with Gasteiger partial charge in [-0.15, -0.1) is 0 Å². The monoisotopic (exact) mass is 344 g/mol. The third-order valence-electron chi connectivity index (χ3n) is 3.82. The van der Waals surface area contributed by atoms with E-state index in [2.05, 4.69) is 6.92 Å². The van der Waals surface area contributed by atoms with Gasteiger partial charge >= 0.3 is 29.6 Å². The quantitative estimate of drug-likeness (QED) is 0.273. The Kier molecular flexibility index (Phi) is 19.1. The largest absolute Gasteiger partial charge is 1.00 e. The summed E-state index contributed by atoms with van der Waals surface area (Å²) in [7, 11) is -4.07. The second-order valence-corrected chi connectivity index (χ2v) is 7.55. The van der Waals surface area contributed by atoms with Gasteiger partial charge in [-0.1, -0.05) is 71.1 Å². The Balaban J connectivity index is 0. The van der Waals surface area contributed by atoms with Crippen molar-refractivity contribution in [3.8, 4) is 0 Å². The van der Waals surface area contributed by atoms with Crippen LogP contribution in [0.2, 0.25) is 0 Å². The fourth-order valence-corrected chi connectivity index (χ4v) is 3.05. The van der Waals surface area contributed by atoms with Crippen LogP contribution in [0.5, 0.6) is 0 Å². The molecule has 0 spiro atoms. The summed E-state index contributed by atoms with van der Waals surface area (Å²) in [6, 6.07) is 0. The molecule has 0 aromatic rings. The van der Waals surface area contributed by atoms with Crippen molar-refractivity contribution < 1.29 is 47.6 Å². The predicted molar refractivity (Wildman–Crippen MR) is 86.3 cm³/mol. The summed E-state index contributed by atoms with van der Waals surface area (Å²) in [6.45, 7) is 2.22. The van der Waals surface area contributed by atoms with Gasteiger partial charge in [0, 0.05) is 5.75 Å². The number of unbranched alkanes of at least 4 members (excludes halogenated alkanes) is 9. The Morgan fingerprint density at radius 2 is 1.23 bits per heavy atom.